The number of benzene rings is 1. The van der Waals surface area contributed by atoms with Crippen molar-refractivity contribution in [1.82, 2.24) is 15.3 Å². The normalized spacial score (nSPS) is 10.2. The van der Waals surface area contributed by atoms with Gasteiger partial charge < -0.3 is 19.5 Å². The Morgan fingerprint density at radius 3 is 2.43 bits per heavy atom. The summed E-state index contributed by atoms with van der Waals surface area (Å²) >= 11 is 0. The Morgan fingerprint density at radius 2 is 1.75 bits per heavy atom. The van der Waals surface area contributed by atoms with Gasteiger partial charge in [0.25, 0.3) is 5.91 Å². The van der Waals surface area contributed by atoms with Gasteiger partial charge in [-0.05, 0) is 35.9 Å². The van der Waals surface area contributed by atoms with Crippen LogP contribution < -0.4 is 19.5 Å². The average Bonchev–Trinajstić information content (AvgIpc) is 2.77. The van der Waals surface area contributed by atoms with Crippen LogP contribution in [0.25, 0.3) is 11.3 Å². The molecule has 0 unspecified atom stereocenters. The third-order valence-corrected chi connectivity index (χ3v) is 4.21. The Bertz CT molecular complexity index is 961. The Hall–Kier alpha value is -3.61. The summed E-state index contributed by atoms with van der Waals surface area (Å²) in [5.74, 6) is 0.883. The van der Waals surface area contributed by atoms with E-state index < -0.39 is 0 Å². The molecule has 2 aromatic heterocycles. The number of hydrogen-bond acceptors (Lipinski definition) is 6. The minimum Gasteiger partial charge on any atom is -0.493 e. The second-order valence-corrected chi connectivity index (χ2v) is 5.82. The van der Waals surface area contributed by atoms with Gasteiger partial charge in [-0.15, -0.1) is 0 Å². The standard InChI is InChI=1S/C21H21N3O4/c1-26-17-9-8-16(19(27-2)20(17)28-3)21(25)24-13-15-7-5-11-23-18(15)14-6-4-10-22-12-14/h4-12H,13H2,1-3H3,(H,24,25). The molecule has 0 radical (unpaired) electrons. The number of aromatic nitrogens is 2. The molecule has 3 aromatic rings. The van der Waals surface area contributed by atoms with Crippen LogP contribution in [0.5, 0.6) is 17.2 Å². The lowest BCUT2D eigenvalue weighted by atomic mass is 10.1. The lowest BCUT2D eigenvalue weighted by Gasteiger charge is -2.16. The van der Waals surface area contributed by atoms with Crippen LogP contribution >= 0.6 is 0 Å². The van der Waals surface area contributed by atoms with E-state index in [9.17, 15) is 4.79 Å². The van der Waals surface area contributed by atoms with Crippen molar-refractivity contribution >= 4 is 5.91 Å². The molecule has 0 saturated carbocycles. The number of nitrogens with zero attached hydrogens (tertiary/aromatic N) is 2. The molecule has 0 atom stereocenters. The quantitative estimate of drug-likeness (QED) is 0.679. The van der Waals surface area contributed by atoms with E-state index in [4.69, 9.17) is 14.2 Å². The van der Waals surface area contributed by atoms with Gasteiger partial charge in [-0.2, -0.15) is 0 Å². The highest BCUT2D eigenvalue weighted by Crippen LogP contribution is 2.39. The van der Waals surface area contributed by atoms with Gasteiger partial charge in [0, 0.05) is 30.7 Å². The number of carbonyl (C=O) groups is 1. The molecule has 0 fully saturated rings. The second kappa shape index (κ2) is 8.85. The topological polar surface area (TPSA) is 82.6 Å². The van der Waals surface area contributed by atoms with Gasteiger partial charge >= 0.3 is 0 Å². The molecule has 144 valence electrons. The molecule has 1 amide bonds. The number of pyridine rings is 2. The summed E-state index contributed by atoms with van der Waals surface area (Å²) in [6.07, 6.45) is 5.16. The fraction of sp³-hybridized carbons (Fsp3) is 0.190. The monoisotopic (exact) mass is 379 g/mol. The van der Waals surface area contributed by atoms with Crippen LogP contribution in [0.3, 0.4) is 0 Å². The van der Waals surface area contributed by atoms with Gasteiger partial charge in [-0.25, -0.2) is 0 Å². The third-order valence-electron chi connectivity index (χ3n) is 4.21. The van der Waals surface area contributed by atoms with Gasteiger partial charge in [0.15, 0.2) is 11.5 Å². The minimum absolute atomic E-state index is 0.293. The first-order chi connectivity index (χ1) is 13.7. The average molecular weight is 379 g/mol. The highest BCUT2D eigenvalue weighted by Gasteiger charge is 2.20. The molecule has 1 aromatic carbocycles. The van der Waals surface area contributed by atoms with Crippen LogP contribution in [-0.2, 0) is 6.54 Å². The minimum atomic E-state index is -0.293. The zero-order chi connectivity index (χ0) is 19.9. The Balaban J connectivity index is 1.85. The highest BCUT2D eigenvalue weighted by molar-refractivity contribution is 5.98. The predicted octanol–water partition coefficient (Wildman–Crippen LogP) is 3.10. The summed E-state index contributed by atoms with van der Waals surface area (Å²) in [7, 11) is 4.51. The van der Waals surface area contributed by atoms with Crippen LogP contribution in [0.1, 0.15) is 15.9 Å². The van der Waals surface area contributed by atoms with Gasteiger partial charge in [-0.1, -0.05) is 6.07 Å². The molecule has 0 spiro atoms. The zero-order valence-corrected chi connectivity index (χ0v) is 15.9. The molecule has 0 saturated heterocycles. The molecule has 0 bridgehead atoms. The zero-order valence-electron chi connectivity index (χ0n) is 15.9. The lowest BCUT2D eigenvalue weighted by molar-refractivity contribution is 0.0947. The molecule has 7 heteroatoms. The first-order valence-electron chi connectivity index (χ1n) is 8.61. The molecule has 0 aliphatic carbocycles. The van der Waals surface area contributed by atoms with Crippen molar-refractivity contribution in [2.45, 2.75) is 6.54 Å². The Kier molecular flexibility index (Phi) is 6.06. The largest absolute Gasteiger partial charge is 0.493 e. The molecule has 0 aliphatic heterocycles. The van der Waals surface area contributed by atoms with Gasteiger partial charge in [-0.3, -0.25) is 14.8 Å². The van der Waals surface area contributed by atoms with Gasteiger partial charge in [0.1, 0.15) is 0 Å². The van der Waals surface area contributed by atoms with E-state index in [1.54, 1.807) is 30.7 Å². The smallest absolute Gasteiger partial charge is 0.255 e. The summed E-state index contributed by atoms with van der Waals surface area (Å²) < 4.78 is 16.0. The fourth-order valence-electron chi connectivity index (χ4n) is 2.89. The summed E-state index contributed by atoms with van der Waals surface area (Å²) in [5, 5.41) is 2.91. The first-order valence-corrected chi connectivity index (χ1v) is 8.61. The van der Waals surface area contributed by atoms with Crippen molar-refractivity contribution in [3.8, 4) is 28.5 Å². The number of methoxy groups -OCH3 is 3. The van der Waals surface area contributed by atoms with E-state index in [-0.39, 0.29) is 5.91 Å². The second-order valence-electron chi connectivity index (χ2n) is 5.82. The number of rotatable bonds is 7. The molecular weight excluding hydrogens is 358 g/mol. The summed E-state index contributed by atoms with van der Waals surface area (Å²) in [5.41, 5.74) is 2.89. The summed E-state index contributed by atoms with van der Waals surface area (Å²) in [6.45, 7) is 0.300. The van der Waals surface area contributed by atoms with E-state index in [0.717, 1.165) is 16.8 Å². The van der Waals surface area contributed by atoms with Crippen molar-refractivity contribution in [2.24, 2.45) is 0 Å². The fourth-order valence-corrected chi connectivity index (χ4v) is 2.89. The molecule has 1 N–H and O–H groups in total. The molecule has 2 heterocycles. The van der Waals surface area contributed by atoms with E-state index in [2.05, 4.69) is 15.3 Å². The molecule has 3 rings (SSSR count). The number of carbonyl (C=O) groups excluding carboxylic acids is 1. The molecular formula is C21H21N3O4. The van der Waals surface area contributed by atoms with E-state index in [1.807, 2.05) is 24.3 Å². The maximum atomic E-state index is 12.8. The van der Waals surface area contributed by atoms with Crippen molar-refractivity contribution < 1.29 is 19.0 Å². The van der Waals surface area contributed by atoms with E-state index >= 15 is 0 Å². The Morgan fingerprint density at radius 1 is 0.964 bits per heavy atom. The maximum Gasteiger partial charge on any atom is 0.255 e. The number of amides is 1. The van der Waals surface area contributed by atoms with Crippen molar-refractivity contribution in [1.29, 1.82) is 0 Å². The van der Waals surface area contributed by atoms with Gasteiger partial charge in [0.2, 0.25) is 5.75 Å². The van der Waals surface area contributed by atoms with Crippen molar-refractivity contribution in [3.63, 3.8) is 0 Å². The van der Waals surface area contributed by atoms with Crippen LogP contribution in [0, 0.1) is 0 Å². The van der Waals surface area contributed by atoms with Crippen LogP contribution in [-0.4, -0.2) is 37.2 Å². The maximum absolute atomic E-state index is 12.8. The number of hydrogen-bond donors (Lipinski definition) is 1. The lowest BCUT2D eigenvalue weighted by Crippen LogP contribution is -2.24. The SMILES string of the molecule is COc1ccc(C(=O)NCc2cccnc2-c2cccnc2)c(OC)c1OC. The van der Waals surface area contributed by atoms with Crippen molar-refractivity contribution in [3.05, 3.63) is 66.1 Å². The van der Waals surface area contributed by atoms with Crippen LogP contribution in [0.15, 0.2) is 55.0 Å². The van der Waals surface area contributed by atoms with Crippen LogP contribution in [0.2, 0.25) is 0 Å². The molecule has 7 nitrogen and oxygen atoms in total. The van der Waals surface area contributed by atoms with Gasteiger partial charge in [0.05, 0.1) is 32.6 Å². The van der Waals surface area contributed by atoms with Crippen LogP contribution in [0.4, 0.5) is 0 Å². The summed E-state index contributed by atoms with van der Waals surface area (Å²) in [6, 6.07) is 10.8. The third kappa shape index (κ3) is 3.88. The van der Waals surface area contributed by atoms with E-state index in [0.29, 0.717) is 29.4 Å². The summed E-state index contributed by atoms with van der Waals surface area (Å²) in [4.78, 5) is 21.4. The Labute approximate surface area is 163 Å². The predicted molar refractivity (Wildman–Crippen MR) is 105 cm³/mol. The molecule has 0 aliphatic rings. The first kappa shape index (κ1) is 19.2. The highest BCUT2D eigenvalue weighted by atomic mass is 16.5. The number of ether oxygens (including phenoxy) is 3. The van der Waals surface area contributed by atoms with E-state index in [1.165, 1.54) is 21.3 Å². The molecule has 28 heavy (non-hydrogen) atoms. The number of nitrogens with one attached hydrogen (secondary N) is 1. The van der Waals surface area contributed by atoms with Crippen molar-refractivity contribution in [2.75, 3.05) is 21.3 Å².